The van der Waals surface area contributed by atoms with Crippen LogP contribution in [0.25, 0.3) is 0 Å². The van der Waals surface area contributed by atoms with E-state index in [4.69, 9.17) is 0 Å². The molecule has 1 rings (SSSR count). The van der Waals surface area contributed by atoms with E-state index < -0.39 is 0 Å². The number of carbonyl (C=O) groups is 1. The van der Waals surface area contributed by atoms with Crippen LogP contribution < -0.4 is 5.32 Å². The van der Waals surface area contributed by atoms with E-state index in [2.05, 4.69) is 27.8 Å². The molecule has 0 fully saturated rings. The van der Waals surface area contributed by atoms with E-state index in [0.29, 0.717) is 6.54 Å². The Morgan fingerprint density at radius 2 is 2.36 bits per heavy atom. The first-order chi connectivity index (χ1) is 6.52. The predicted octanol–water partition coefficient (Wildman–Crippen LogP) is 3.12. The van der Waals surface area contributed by atoms with Gasteiger partial charge in [0.2, 0.25) is 0 Å². The fraction of sp³-hybridized carbons (Fsp3) is 0.300. The van der Waals surface area contributed by atoms with Crippen molar-refractivity contribution in [3.8, 4) is 0 Å². The van der Waals surface area contributed by atoms with Gasteiger partial charge in [0.25, 0.3) is 5.91 Å². The van der Waals surface area contributed by atoms with Crippen LogP contribution in [0.1, 0.15) is 22.2 Å². The molecule has 2 nitrogen and oxygen atoms in total. The lowest BCUT2D eigenvalue weighted by Crippen LogP contribution is -2.24. The highest BCUT2D eigenvalue weighted by molar-refractivity contribution is 9.10. The van der Waals surface area contributed by atoms with Crippen molar-refractivity contribution in [3.63, 3.8) is 0 Å². The van der Waals surface area contributed by atoms with Gasteiger partial charge in [0, 0.05) is 11.0 Å². The number of thiophene rings is 1. The maximum Gasteiger partial charge on any atom is 0.262 e. The van der Waals surface area contributed by atoms with Gasteiger partial charge in [-0.15, -0.1) is 11.3 Å². The molecule has 4 heteroatoms. The van der Waals surface area contributed by atoms with E-state index in [1.165, 1.54) is 11.3 Å². The third-order valence-corrected chi connectivity index (χ3v) is 4.04. The highest BCUT2D eigenvalue weighted by Gasteiger charge is 2.13. The summed E-state index contributed by atoms with van der Waals surface area (Å²) in [5.41, 5.74) is 2.04. The molecule has 0 unspecified atom stereocenters. The quantitative estimate of drug-likeness (QED) is 0.843. The molecule has 1 N–H and O–H groups in total. The van der Waals surface area contributed by atoms with Crippen molar-refractivity contribution >= 4 is 33.2 Å². The predicted molar refractivity (Wildman–Crippen MR) is 63.9 cm³/mol. The second-order valence-electron chi connectivity index (χ2n) is 3.20. The number of rotatable bonds is 3. The van der Waals surface area contributed by atoms with Crippen LogP contribution in [0.5, 0.6) is 0 Å². The molecule has 1 aromatic rings. The Kier molecular flexibility index (Phi) is 3.89. The Morgan fingerprint density at radius 1 is 1.71 bits per heavy atom. The van der Waals surface area contributed by atoms with Gasteiger partial charge >= 0.3 is 0 Å². The molecular formula is C10H12BrNOS. The molecule has 0 aromatic carbocycles. The van der Waals surface area contributed by atoms with Crippen molar-refractivity contribution in [1.29, 1.82) is 0 Å². The third-order valence-electron chi connectivity index (χ3n) is 1.66. The lowest BCUT2D eigenvalue weighted by atomic mass is 10.3. The summed E-state index contributed by atoms with van der Waals surface area (Å²) in [5.74, 6) is -0.0435. The van der Waals surface area contributed by atoms with Gasteiger partial charge in [-0.3, -0.25) is 4.79 Å². The van der Waals surface area contributed by atoms with Gasteiger partial charge in [-0.05, 0) is 40.7 Å². The Labute approximate surface area is 96.2 Å². The Balaban J connectivity index is 2.70. The van der Waals surface area contributed by atoms with Crippen LogP contribution in [0.2, 0.25) is 0 Å². The number of hydrogen-bond donors (Lipinski definition) is 1. The van der Waals surface area contributed by atoms with E-state index >= 15 is 0 Å². The minimum absolute atomic E-state index is 0.0435. The molecule has 1 amide bonds. The summed E-state index contributed by atoms with van der Waals surface area (Å²) in [7, 11) is 0. The number of carbonyl (C=O) groups excluding carboxylic acids is 1. The average Bonchev–Trinajstić information content (AvgIpc) is 2.44. The van der Waals surface area contributed by atoms with Gasteiger partial charge in [-0.25, -0.2) is 0 Å². The molecule has 1 heterocycles. The van der Waals surface area contributed by atoms with Crippen LogP contribution in [0.15, 0.2) is 22.0 Å². The Morgan fingerprint density at radius 3 is 2.79 bits per heavy atom. The summed E-state index contributed by atoms with van der Waals surface area (Å²) in [6, 6.07) is 0. The fourth-order valence-corrected chi connectivity index (χ4v) is 2.48. The molecule has 0 radical (unpaired) electrons. The molecule has 0 aliphatic carbocycles. The average molecular weight is 274 g/mol. The lowest BCUT2D eigenvalue weighted by molar-refractivity contribution is 0.0960. The third kappa shape index (κ3) is 2.69. The molecule has 14 heavy (non-hydrogen) atoms. The van der Waals surface area contributed by atoms with Crippen molar-refractivity contribution < 1.29 is 4.79 Å². The summed E-state index contributed by atoms with van der Waals surface area (Å²) >= 11 is 4.83. The van der Waals surface area contributed by atoms with Crippen molar-refractivity contribution in [3.05, 3.63) is 32.4 Å². The number of amides is 1. The molecule has 1 aromatic heterocycles. The first-order valence-electron chi connectivity index (χ1n) is 4.18. The van der Waals surface area contributed by atoms with Crippen LogP contribution in [-0.4, -0.2) is 12.5 Å². The zero-order valence-electron chi connectivity index (χ0n) is 8.19. The van der Waals surface area contributed by atoms with Crippen LogP contribution in [-0.2, 0) is 0 Å². The van der Waals surface area contributed by atoms with Gasteiger partial charge in [-0.2, -0.15) is 0 Å². The maximum absolute atomic E-state index is 11.6. The molecule has 0 atom stereocenters. The van der Waals surface area contributed by atoms with Crippen molar-refractivity contribution in [2.75, 3.05) is 6.54 Å². The molecule has 0 aliphatic heterocycles. The number of halogens is 1. The van der Waals surface area contributed by atoms with Crippen molar-refractivity contribution in [2.24, 2.45) is 0 Å². The minimum atomic E-state index is -0.0435. The molecule has 76 valence electrons. The fourth-order valence-electron chi connectivity index (χ4n) is 0.895. The zero-order valence-corrected chi connectivity index (χ0v) is 10.6. The summed E-state index contributed by atoms with van der Waals surface area (Å²) in [6.45, 7) is 8.11. The number of hydrogen-bond acceptors (Lipinski definition) is 2. The standard InChI is InChI=1S/C10H12BrNOS/c1-6(2)4-12-10(13)9-8(11)7(3)5-14-9/h5H,1,4H2,2-3H3,(H,12,13). The van der Waals surface area contributed by atoms with Crippen LogP contribution >= 0.6 is 27.3 Å². The minimum Gasteiger partial charge on any atom is -0.348 e. The molecular weight excluding hydrogens is 262 g/mol. The highest BCUT2D eigenvalue weighted by Crippen LogP contribution is 2.27. The van der Waals surface area contributed by atoms with E-state index in [0.717, 1.165) is 20.5 Å². The summed E-state index contributed by atoms with van der Waals surface area (Å²) in [6.07, 6.45) is 0. The van der Waals surface area contributed by atoms with Crippen molar-refractivity contribution in [1.82, 2.24) is 5.32 Å². The van der Waals surface area contributed by atoms with E-state index in [1.807, 2.05) is 19.2 Å². The largest absolute Gasteiger partial charge is 0.348 e. The normalized spacial score (nSPS) is 9.93. The summed E-state index contributed by atoms with van der Waals surface area (Å²) in [4.78, 5) is 12.3. The van der Waals surface area contributed by atoms with Crippen LogP contribution in [0.4, 0.5) is 0 Å². The second-order valence-corrected chi connectivity index (χ2v) is 4.87. The first kappa shape index (κ1) is 11.5. The summed E-state index contributed by atoms with van der Waals surface area (Å²) < 4.78 is 0.890. The number of aryl methyl sites for hydroxylation is 1. The molecule has 0 saturated carbocycles. The van der Waals surface area contributed by atoms with Crippen LogP contribution in [0, 0.1) is 6.92 Å². The van der Waals surface area contributed by atoms with E-state index in [1.54, 1.807) is 0 Å². The van der Waals surface area contributed by atoms with E-state index in [9.17, 15) is 4.79 Å². The molecule has 0 saturated heterocycles. The van der Waals surface area contributed by atoms with Gasteiger partial charge in [-0.1, -0.05) is 12.2 Å². The van der Waals surface area contributed by atoms with Gasteiger partial charge < -0.3 is 5.32 Å². The smallest absolute Gasteiger partial charge is 0.262 e. The number of nitrogens with one attached hydrogen (secondary N) is 1. The zero-order chi connectivity index (χ0) is 10.7. The maximum atomic E-state index is 11.6. The highest BCUT2D eigenvalue weighted by atomic mass is 79.9. The first-order valence-corrected chi connectivity index (χ1v) is 5.85. The summed E-state index contributed by atoms with van der Waals surface area (Å²) in [5, 5.41) is 4.75. The molecule has 0 aliphatic rings. The second kappa shape index (κ2) is 4.75. The van der Waals surface area contributed by atoms with Crippen LogP contribution in [0.3, 0.4) is 0 Å². The Bertz CT molecular complexity index is 370. The lowest BCUT2D eigenvalue weighted by Gasteiger charge is -2.02. The molecule has 0 spiro atoms. The topological polar surface area (TPSA) is 29.1 Å². The molecule has 0 bridgehead atoms. The van der Waals surface area contributed by atoms with E-state index in [-0.39, 0.29) is 5.91 Å². The monoisotopic (exact) mass is 273 g/mol. The Hall–Kier alpha value is -0.610. The van der Waals surface area contributed by atoms with Crippen molar-refractivity contribution in [2.45, 2.75) is 13.8 Å². The van der Waals surface area contributed by atoms with Gasteiger partial charge in [0.1, 0.15) is 4.88 Å². The SMILES string of the molecule is C=C(C)CNC(=O)c1scc(C)c1Br. The van der Waals surface area contributed by atoms with Gasteiger partial charge in [0.05, 0.1) is 0 Å². The van der Waals surface area contributed by atoms with Gasteiger partial charge in [0.15, 0.2) is 0 Å².